The van der Waals surface area contributed by atoms with Gasteiger partial charge in [0.1, 0.15) is 0 Å². The molecule has 0 amide bonds. The zero-order chi connectivity index (χ0) is 45.0. The Morgan fingerprint density at radius 3 is 1.39 bits per heavy atom. The molecule has 368 valence electrons. The van der Waals surface area contributed by atoms with Crippen LogP contribution in [0.5, 0.6) is 0 Å². The third kappa shape index (κ3) is 37.1. The Bertz CT molecular complexity index is 946. The van der Waals surface area contributed by atoms with Crippen LogP contribution in [-0.4, -0.2) is 81.5 Å². The lowest BCUT2D eigenvalue weighted by atomic mass is 9.92. The van der Waals surface area contributed by atoms with Crippen LogP contribution in [0.3, 0.4) is 0 Å². The fourth-order valence-corrected chi connectivity index (χ4v) is 9.46. The Balaban J connectivity index is 2.29. The second-order valence-electron chi connectivity index (χ2n) is 19.8. The first-order chi connectivity index (χ1) is 30.4. The van der Waals surface area contributed by atoms with Crippen LogP contribution >= 0.6 is 0 Å². The second kappa shape index (κ2) is 45.1. The van der Waals surface area contributed by atoms with E-state index in [1.165, 1.54) is 238 Å². The van der Waals surface area contributed by atoms with Crippen LogP contribution < -0.4 is 0 Å². The number of ether oxygens (including phenoxy) is 3. The fraction of sp³-hybridized carbons (Fsp3) is 0.946. The van der Waals surface area contributed by atoms with Crippen LogP contribution in [0.25, 0.3) is 0 Å². The Morgan fingerprint density at radius 2 is 0.903 bits per heavy atom. The van der Waals surface area contributed by atoms with Crippen molar-refractivity contribution in [2.75, 3.05) is 59.6 Å². The number of nitrogens with zero attached hydrogens (tertiary/aromatic N) is 2. The number of rotatable bonds is 47. The van der Waals surface area contributed by atoms with E-state index in [0.29, 0.717) is 19.1 Å². The minimum atomic E-state index is 0.0202. The summed E-state index contributed by atoms with van der Waals surface area (Å²) in [6.45, 7) is 19.8. The fourth-order valence-electron chi connectivity index (χ4n) is 9.46. The summed E-state index contributed by atoms with van der Waals surface area (Å²) in [6.07, 6.45) is 47.8. The van der Waals surface area contributed by atoms with Crippen molar-refractivity contribution in [1.29, 1.82) is 0 Å². The molecule has 1 fully saturated rings. The van der Waals surface area contributed by atoms with E-state index in [9.17, 15) is 4.79 Å². The summed E-state index contributed by atoms with van der Waals surface area (Å²) in [5, 5.41) is 0. The molecule has 6 heteroatoms. The number of carbonyl (C=O) groups is 1. The molecule has 1 aliphatic rings. The average Bonchev–Trinajstić information content (AvgIpc) is 3.27. The van der Waals surface area contributed by atoms with Gasteiger partial charge in [-0.3, -0.25) is 4.79 Å². The van der Waals surface area contributed by atoms with Gasteiger partial charge in [-0.1, -0.05) is 195 Å². The molecule has 1 rings (SSSR count). The first-order valence-corrected chi connectivity index (χ1v) is 27.9. The predicted octanol–water partition coefficient (Wildman–Crippen LogP) is 16.4. The molecule has 0 spiro atoms. The van der Waals surface area contributed by atoms with Crippen LogP contribution in [-0.2, 0) is 19.0 Å². The normalized spacial score (nSPS) is 14.7. The summed E-state index contributed by atoms with van der Waals surface area (Å²) in [6, 6.07) is 0. The minimum Gasteiger partial charge on any atom is -0.498 e. The highest BCUT2D eigenvalue weighted by molar-refractivity contribution is 5.69. The summed E-state index contributed by atoms with van der Waals surface area (Å²) >= 11 is 0. The Morgan fingerprint density at radius 1 is 0.468 bits per heavy atom. The SMILES string of the molecule is CC=C(CCCCCCCCC(CCCCCCCCC(=O)OCCC(CCCCC)CCCCC)OCCCCN1CCN(C)CC1)OCCC(CCCCC)CCCCC. The molecule has 0 saturated carbocycles. The number of carbonyl (C=O) groups excluding carboxylic acids is 1. The van der Waals surface area contributed by atoms with Crippen molar-refractivity contribution in [2.45, 2.75) is 272 Å². The van der Waals surface area contributed by atoms with Gasteiger partial charge >= 0.3 is 5.97 Å². The number of hydrogen-bond donors (Lipinski definition) is 0. The van der Waals surface area contributed by atoms with Crippen molar-refractivity contribution in [3.63, 3.8) is 0 Å². The van der Waals surface area contributed by atoms with Crippen LogP contribution in [0.4, 0.5) is 0 Å². The van der Waals surface area contributed by atoms with Gasteiger partial charge < -0.3 is 24.0 Å². The minimum absolute atomic E-state index is 0.0202. The highest BCUT2D eigenvalue weighted by Gasteiger charge is 2.15. The second-order valence-corrected chi connectivity index (χ2v) is 19.8. The molecule has 0 N–H and O–H groups in total. The first kappa shape index (κ1) is 58.9. The molecule has 0 aromatic carbocycles. The Hall–Kier alpha value is -1.11. The van der Waals surface area contributed by atoms with Gasteiger partial charge in [0.25, 0.3) is 0 Å². The molecule has 0 aromatic heterocycles. The monoisotopic (exact) mass is 875 g/mol. The molecule has 62 heavy (non-hydrogen) atoms. The zero-order valence-corrected chi connectivity index (χ0v) is 42.9. The molecule has 1 atom stereocenters. The third-order valence-electron chi connectivity index (χ3n) is 14.0. The lowest BCUT2D eigenvalue weighted by Crippen LogP contribution is -2.44. The summed E-state index contributed by atoms with van der Waals surface area (Å²) in [4.78, 5) is 17.5. The molecule has 1 saturated heterocycles. The smallest absolute Gasteiger partial charge is 0.305 e. The molecule has 1 aliphatic heterocycles. The van der Waals surface area contributed by atoms with E-state index in [-0.39, 0.29) is 5.97 Å². The van der Waals surface area contributed by atoms with E-state index < -0.39 is 0 Å². The number of piperazine rings is 1. The van der Waals surface area contributed by atoms with Gasteiger partial charge in [-0.25, -0.2) is 0 Å². The predicted molar refractivity (Wildman–Crippen MR) is 270 cm³/mol. The van der Waals surface area contributed by atoms with E-state index in [4.69, 9.17) is 14.2 Å². The van der Waals surface area contributed by atoms with Gasteiger partial charge in [-0.15, -0.1) is 0 Å². The van der Waals surface area contributed by atoms with Crippen LogP contribution in [0, 0.1) is 11.8 Å². The van der Waals surface area contributed by atoms with Gasteiger partial charge in [0.15, 0.2) is 0 Å². The van der Waals surface area contributed by atoms with E-state index >= 15 is 0 Å². The van der Waals surface area contributed by atoms with Crippen molar-refractivity contribution < 1.29 is 19.0 Å². The van der Waals surface area contributed by atoms with Gasteiger partial charge in [-0.2, -0.15) is 0 Å². The van der Waals surface area contributed by atoms with Gasteiger partial charge in [0, 0.05) is 45.6 Å². The third-order valence-corrected chi connectivity index (χ3v) is 14.0. The summed E-state index contributed by atoms with van der Waals surface area (Å²) in [7, 11) is 2.24. The average molecular weight is 876 g/mol. The molecule has 1 unspecified atom stereocenters. The highest BCUT2D eigenvalue weighted by Crippen LogP contribution is 2.24. The van der Waals surface area contributed by atoms with E-state index in [1.54, 1.807) is 0 Å². The van der Waals surface area contributed by atoms with Crippen molar-refractivity contribution >= 4 is 5.97 Å². The van der Waals surface area contributed by atoms with Gasteiger partial charge in [0.2, 0.25) is 0 Å². The van der Waals surface area contributed by atoms with Crippen molar-refractivity contribution in [3.05, 3.63) is 11.8 Å². The maximum Gasteiger partial charge on any atom is 0.305 e. The summed E-state index contributed by atoms with van der Waals surface area (Å²) in [5.41, 5.74) is 0. The quantitative estimate of drug-likeness (QED) is 0.0345. The topological polar surface area (TPSA) is 51.2 Å². The summed E-state index contributed by atoms with van der Waals surface area (Å²) in [5.74, 6) is 2.81. The standard InChI is InChI=1S/C56H110N2O4/c1-7-12-24-34-52(35-25-13-8-2)42-50-61-54(11-5)38-28-20-16-17-21-29-39-55(60-49-33-32-44-58-47-45-57(6)46-48-58)40-30-22-18-19-23-31-41-56(59)62-51-43-53(36-26-14-9-3)37-27-15-10-4/h11,52-53,55H,7-10,12-51H2,1-6H3. The Labute approximate surface area is 388 Å². The zero-order valence-electron chi connectivity index (χ0n) is 42.9. The van der Waals surface area contributed by atoms with Crippen molar-refractivity contribution in [1.82, 2.24) is 9.80 Å². The molecule has 0 aliphatic carbocycles. The lowest BCUT2D eigenvalue weighted by molar-refractivity contribution is -0.144. The largest absolute Gasteiger partial charge is 0.498 e. The molecule has 0 aromatic rings. The van der Waals surface area contributed by atoms with E-state index in [0.717, 1.165) is 50.7 Å². The number of unbranched alkanes of at least 4 members (excludes halogenated alkanes) is 19. The van der Waals surface area contributed by atoms with Gasteiger partial charge in [0.05, 0.1) is 25.1 Å². The molecule has 0 radical (unpaired) electrons. The molecule has 0 bridgehead atoms. The lowest BCUT2D eigenvalue weighted by Gasteiger charge is -2.32. The number of hydrogen-bond acceptors (Lipinski definition) is 6. The molecular formula is C56H110N2O4. The van der Waals surface area contributed by atoms with Crippen molar-refractivity contribution in [3.8, 4) is 0 Å². The summed E-state index contributed by atoms with van der Waals surface area (Å²) < 4.78 is 18.6. The number of allylic oxidation sites excluding steroid dienone is 2. The van der Waals surface area contributed by atoms with Crippen LogP contribution in [0.1, 0.15) is 266 Å². The van der Waals surface area contributed by atoms with Crippen molar-refractivity contribution in [2.24, 2.45) is 11.8 Å². The maximum absolute atomic E-state index is 12.4. The van der Waals surface area contributed by atoms with E-state index in [1.807, 2.05) is 0 Å². The number of likely N-dealkylation sites (N-methyl/N-ethyl adjacent to an activating group) is 1. The van der Waals surface area contributed by atoms with Gasteiger partial charge in [-0.05, 0) is 89.8 Å². The Kier molecular flexibility index (Phi) is 42.8. The molecule has 1 heterocycles. The molecular weight excluding hydrogens is 765 g/mol. The van der Waals surface area contributed by atoms with Crippen LogP contribution in [0.2, 0.25) is 0 Å². The highest BCUT2D eigenvalue weighted by atomic mass is 16.5. The first-order valence-electron chi connectivity index (χ1n) is 27.9. The maximum atomic E-state index is 12.4. The number of esters is 1. The van der Waals surface area contributed by atoms with Crippen LogP contribution in [0.15, 0.2) is 11.8 Å². The molecule has 6 nitrogen and oxygen atoms in total. The van der Waals surface area contributed by atoms with E-state index in [2.05, 4.69) is 57.5 Å².